The maximum Gasteiger partial charge on any atom is 0.338 e. The lowest BCUT2D eigenvalue weighted by atomic mass is 10.1. The number of carbonyl (C=O) groups is 1. The number of nitrogens with zero attached hydrogens (tertiary/aromatic N) is 2. The second kappa shape index (κ2) is 11.4. The Hall–Kier alpha value is -2.77. The highest BCUT2D eigenvalue weighted by Crippen LogP contribution is 2.32. The highest BCUT2D eigenvalue weighted by Gasteiger charge is 2.16. The lowest BCUT2D eigenvalue weighted by Gasteiger charge is -2.06. The van der Waals surface area contributed by atoms with Gasteiger partial charge in [0.2, 0.25) is 0 Å². The van der Waals surface area contributed by atoms with E-state index in [4.69, 9.17) is 14.2 Å². The molecule has 0 saturated carbocycles. The summed E-state index contributed by atoms with van der Waals surface area (Å²) in [6.07, 6.45) is 4.43. The summed E-state index contributed by atoms with van der Waals surface area (Å²) in [6, 6.07) is 15.1. The highest BCUT2D eigenvalue weighted by molar-refractivity contribution is 7.18. The molecule has 0 fully saturated rings. The first kappa shape index (κ1) is 21.9. The minimum absolute atomic E-state index is 0.387. The maximum absolute atomic E-state index is 12.0. The van der Waals surface area contributed by atoms with E-state index in [0.29, 0.717) is 17.2 Å². The van der Waals surface area contributed by atoms with Crippen LogP contribution in [0.4, 0.5) is 0 Å². The molecule has 1 heterocycles. The number of esters is 1. The molecule has 0 N–H and O–H groups in total. The van der Waals surface area contributed by atoms with Gasteiger partial charge >= 0.3 is 5.97 Å². The van der Waals surface area contributed by atoms with Crippen molar-refractivity contribution < 1.29 is 19.0 Å². The molecular weight excluding hydrogens is 400 g/mol. The van der Waals surface area contributed by atoms with Gasteiger partial charge in [0.25, 0.3) is 0 Å². The third-order valence-electron chi connectivity index (χ3n) is 4.60. The molecule has 0 unspecified atom stereocenters. The van der Waals surface area contributed by atoms with Gasteiger partial charge in [-0.25, -0.2) is 4.79 Å². The molecular formula is C23H26N2O4S. The van der Waals surface area contributed by atoms with Gasteiger partial charge in [0.1, 0.15) is 15.8 Å². The molecule has 3 aromatic rings. The molecule has 0 bridgehead atoms. The number of aromatic nitrogens is 2. The van der Waals surface area contributed by atoms with Crippen LogP contribution in [0.1, 0.15) is 36.0 Å². The monoisotopic (exact) mass is 426 g/mol. The van der Waals surface area contributed by atoms with Crippen molar-refractivity contribution in [1.82, 2.24) is 10.2 Å². The third kappa shape index (κ3) is 5.87. The fraction of sp³-hybridized carbons (Fsp3) is 0.348. The Balaban J connectivity index is 1.59. The molecule has 0 saturated heterocycles. The van der Waals surface area contributed by atoms with Crippen LogP contribution in [0, 0.1) is 0 Å². The molecule has 3 rings (SSSR count). The van der Waals surface area contributed by atoms with Crippen LogP contribution in [-0.2, 0) is 9.47 Å². The zero-order valence-corrected chi connectivity index (χ0v) is 18.1. The average Bonchev–Trinajstić information content (AvgIpc) is 3.28. The second-order valence-electron chi connectivity index (χ2n) is 6.73. The molecule has 0 atom stereocenters. The van der Waals surface area contributed by atoms with Crippen LogP contribution in [0.5, 0.6) is 5.75 Å². The first-order chi connectivity index (χ1) is 14.7. The van der Waals surface area contributed by atoms with Crippen molar-refractivity contribution in [2.24, 2.45) is 0 Å². The Labute approximate surface area is 180 Å². The minimum Gasteiger partial charge on any atom is -0.494 e. The van der Waals surface area contributed by atoms with Crippen LogP contribution in [0.3, 0.4) is 0 Å². The smallest absolute Gasteiger partial charge is 0.338 e. The van der Waals surface area contributed by atoms with Gasteiger partial charge < -0.3 is 14.2 Å². The number of rotatable bonds is 11. The molecule has 2 aromatic carbocycles. The van der Waals surface area contributed by atoms with Gasteiger partial charge in [-0.15, -0.1) is 10.2 Å². The van der Waals surface area contributed by atoms with E-state index in [1.165, 1.54) is 18.4 Å². The molecule has 0 aliphatic heterocycles. The fourth-order valence-electron chi connectivity index (χ4n) is 2.99. The summed E-state index contributed by atoms with van der Waals surface area (Å²) < 4.78 is 15.7. The van der Waals surface area contributed by atoms with E-state index in [1.807, 2.05) is 36.4 Å². The largest absolute Gasteiger partial charge is 0.494 e. The first-order valence-corrected chi connectivity index (χ1v) is 10.8. The molecule has 30 heavy (non-hydrogen) atoms. The van der Waals surface area contributed by atoms with Crippen LogP contribution < -0.4 is 4.74 Å². The molecule has 0 amide bonds. The summed E-state index contributed by atoms with van der Waals surface area (Å²) in [5, 5.41) is 10.0. The quantitative estimate of drug-likeness (QED) is 0.308. The van der Waals surface area contributed by atoms with Crippen LogP contribution in [0.25, 0.3) is 21.1 Å². The summed E-state index contributed by atoms with van der Waals surface area (Å²) in [4.78, 5) is 12.0. The molecule has 1 aromatic heterocycles. The van der Waals surface area contributed by atoms with Gasteiger partial charge in [-0.2, -0.15) is 0 Å². The Bertz CT molecular complexity index is 940. The second-order valence-corrected chi connectivity index (χ2v) is 7.71. The Morgan fingerprint density at radius 1 is 0.867 bits per heavy atom. The van der Waals surface area contributed by atoms with E-state index in [-0.39, 0.29) is 5.97 Å². The standard InChI is InChI=1S/C23H26N2O4S/c1-27-15-7-3-4-8-16-29-18-13-11-17(12-14-18)21-24-25-22(30-21)19-9-5-6-10-20(19)23(26)28-2/h5-6,9-14H,3-4,7-8,15-16H2,1-2H3. The Kier molecular flexibility index (Phi) is 8.35. The van der Waals surface area contributed by atoms with Crippen molar-refractivity contribution in [2.75, 3.05) is 27.4 Å². The van der Waals surface area contributed by atoms with E-state index >= 15 is 0 Å². The van der Waals surface area contributed by atoms with Crippen LogP contribution >= 0.6 is 11.3 Å². The number of hydrogen-bond donors (Lipinski definition) is 0. The molecule has 0 aliphatic carbocycles. The summed E-state index contributed by atoms with van der Waals surface area (Å²) in [7, 11) is 3.10. The highest BCUT2D eigenvalue weighted by atomic mass is 32.1. The summed E-state index contributed by atoms with van der Waals surface area (Å²) in [5.41, 5.74) is 2.16. The predicted molar refractivity (Wildman–Crippen MR) is 118 cm³/mol. The zero-order valence-electron chi connectivity index (χ0n) is 17.3. The Morgan fingerprint density at radius 2 is 1.57 bits per heavy atom. The van der Waals surface area contributed by atoms with E-state index < -0.39 is 0 Å². The van der Waals surface area contributed by atoms with E-state index in [0.717, 1.165) is 54.2 Å². The predicted octanol–water partition coefficient (Wildman–Crippen LogP) is 5.24. The fourth-order valence-corrected chi connectivity index (χ4v) is 3.88. The number of unbranched alkanes of at least 4 members (excludes halogenated alkanes) is 3. The van der Waals surface area contributed by atoms with Crippen molar-refractivity contribution in [3.8, 4) is 26.9 Å². The number of hydrogen-bond acceptors (Lipinski definition) is 7. The molecule has 7 heteroatoms. The molecule has 0 aliphatic rings. The van der Waals surface area contributed by atoms with Gasteiger partial charge in [-0.1, -0.05) is 36.0 Å². The van der Waals surface area contributed by atoms with E-state index in [9.17, 15) is 4.79 Å². The van der Waals surface area contributed by atoms with Gasteiger partial charge in [0, 0.05) is 24.8 Å². The SMILES string of the molecule is COCCCCCCOc1ccc(-c2nnc(-c3ccccc3C(=O)OC)s2)cc1. The van der Waals surface area contributed by atoms with E-state index in [2.05, 4.69) is 10.2 Å². The summed E-state index contributed by atoms with van der Waals surface area (Å²) in [5.74, 6) is 0.457. The minimum atomic E-state index is -0.387. The van der Waals surface area contributed by atoms with Gasteiger partial charge in [-0.3, -0.25) is 0 Å². The Morgan fingerprint density at radius 3 is 2.30 bits per heavy atom. The van der Waals surface area contributed by atoms with Crippen molar-refractivity contribution in [3.63, 3.8) is 0 Å². The van der Waals surface area contributed by atoms with Crippen LogP contribution in [-0.4, -0.2) is 43.6 Å². The number of benzene rings is 2. The van der Waals surface area contributed by atoms with Crippen LogP contribution in [0.15, 0.2) is 48.5 Å². The number of carbonyl (C=O) groups excluding carboxylic acids is 1. The topological polar surface area (TPSA) is 70.5 Å². The van der Waals surface area contributed by atoms with Crippen molar-refractivity contribution in [3.05, 3.63) is 54.1 Å². The third-order valence-corrected chi connectivity index (χ3v) is 5.61. The van der Waals surface area contributed by atoms with Gasteiger partial charge in [-0.05, 0) is 49.6 Å². The van der Waals surface area contributed by atoms with Gasteiger partial charge in [0.05, 0.1) is 19.3 Å². The molecule has 158 valence electrons. The molecule has 0 radical (unpaired) electrons. The van der Waals surface area contributed by atoms with Gasteiger partial charge in [0.15, 0.2) is 0 Å². The molecule has 0 spiro atoms. The zero-order chi connectivity index (χ0) is 21.2. The van der Waals surface area contributed by atoms with Crippen molar-refractivity contribution >= 4 is 17.3 Å². The van der Waals surface area contributed by atoms with Crippen molar-refractivity contribution in [1.29, 1.82) is 0 Å². The van der Waals surface area contributed by atoms with Crippen LogP contribution in [0.2, 0.25) is 0 Å². The van der Waals surface area contributed by atoms with Crippen molar-refractivity contribution in [2.45, 2.75) is 25.7 Å². The average molecular weight is 427 g/mol. The number of ether oxygens (including phenoxy) is 3. The van der Waals surface area contributed by atoms with E-state index in [1.54, 1.807) is 19.2 Å². The first-order valence-electron chi connectivity index (χ1n) is 9.96. The maximum atomic E-state index is 12.0. The molecule has 6 nitrogen and oxygen atoms in total. The summed E-state index contributed by atoms with van der Waals surface area (Å²) >= 11 is 1.44. The normalized spacial score (nSPS) is 10.7. The summed E-state index contributed by atoms with van der Waals surface area (Å²) in [6.45, 7) is 1.53. The number of methoxy groups -OCH3 is 2. The lowest BCUT2D eigenvalue weighted by molar-refractivity contribution is 0.0601. The lowest BCUT2D eigenvalue weighted by Crippen LogP contribution is -2.03.